The van der Waals surface area contributed by atoms with Gasteiger partial charge >= 0.3 is 6.18 Å². The molecule has 9 heteroatoms. The van der Waals surface area contributed by atoms with Crippen LogP contribution in [0.4, 0.5) is 29.2 Å². The molecule has 1 unspecified atom stereocenters. The van der Waals surface area contributed by atoms with Crippen molar-refractivity contribution in [2.24, 2.45) is 0 Å². The van der Waals surface area contributed by atoms with Gasteiger partial charge in [0, 0.05) is 23.5 Å². The van der Waals surface area contributed by atoms with Gasteiger partial charge in [0.05, 0.1) is 0 Å². The summed E-state index contributed by atoms with van der Waals surface area (Å²) < 4.78 is 49.7. The van der Waals surface area contributed by atoms with Crippen LogP contribution in [0.1, 0.15) is 22.1 Å². The number of aromatic nitrogens is 2. The van der Waals surface area contributed by atoms with Gasteiger partial charge in [0.15, 0.2) is 0 Å². The summed E-state index contributed by atoms with van der Waals surface area (Å²) in [5, 5.41) is 2.35. The first-order valence-corrected chi connectivity index (χ1v) is 5.97. The zero-order valence-electron chi connectivity index (χ0n) is 10.9. The highest BCUT2D eigenvalue weighted by atomic mass is 19.4. The number of rotatable bonds is 3. The van der Waals surface area contributed by atoms with Crippen LogP contribution in [0.5, 0.6) is 0 Å². The molecule has 2 heterocycles. The van der Waals surface area contributed by atoms with E-state index in [-0.39, 0.29) is 17.2 Å². The SMILES string of the molecule is Nc1cc(C(=O)Nc2ccc(C(F)C(F)(F)F)cn2)ccn1. The van der Waals surface area contributed by atoms with Gasteiger partial charge < -0.3 is 11.1 Å². The molecular formula is C13H10F4N4O. The number of hydrogen-bond donors (Lipinski definition) is 2. The second-order valence-electron chi connectivity index (χ2n) is 4.30. The van der Waals surface area contributed by atoms with Gasteiger partial charge in [-0.3, -0.25) is 4.79 Å². The molecule has 1 atom stereocenters. The maximum Gasteiger partial charge on any atom is 0.423 e. The molecule has 0 bridgehead atoms. The molecule has 2 aromatic rings. The number of nitrogen functional groups attached to an aromatic ring is 1. The number of pyridine rings is 2. The summed E-state index contributed by atoms with van der Waals surface area (Å²) in [4.78, 5) is 19.2. The van der Waals surface area contributed by atoms with Crippen molar-refractivity contribution in [2.75, 3.05) is 11.1 Å². The number of nitrogens with one attached hydrogen (secondary N) is 1. The van der Waals surface area contributed by atoms with Gasteiger partial charge in [0.2, 0.25) is 6.17 Å². The fourth-order valence-electron chi connectivity index (χ4n) is 1.60. The fraction of sp³-hybridized carbons (Fsp3) is 0.154. The van der Waals surface area contributed by atoms with Gasteiger partial charge in [-0.05, 0) is 18.2 Å². The smallest absolute Gasteiger partial charge is 0.384 e. The van der Waals surface area contributed by atoms with Crippen LogP contribution in [0.15, 0.2) is 36.7 Å². The van der Waals surface area contributed by atoms with Crippen molar-refractivity contribution in [3.05, 3.63) is 47.8 Å². The molecular weight excluding hydrogens is 304 g/mol. The lowest BCUT2D eigenvalue weighted by Crippen LogP contribution is -2.17. The monoisotopic (exact) mass is 314 g/mol. The van der Waals surface area contributed by atoms with Gasteiger partial charge in [-0.2, -0.15) is 13.2 Å². The number of alkyl halides is 4. The summed E-state index contributed by atoms with van der Waals surface area (Å²) in [6, 6.07) is 4.71. The van der Waals surface area contributed by atoms with E-state index in [2.05, 4.69) is 15.3 Å². The first-order chi connectivity index (χ1) is 10.3. The van der Waals surface area contributed by atoms with Crippen molar-refractivity contribution in [3.8, 4) is 0 Å². The Morgan fingerprint density at radius 3 is 2.50 bits per heavy atom. The first-order valence-electron chi connectivity index (χ1n) is 5.97. The van der Waals surface area contributed by atoms with Crippen LogP contribution in [-0.4, -0.2) is 22.1 Å². The lowest BCUT2D eigenvalue weighted by molar-refractivity contribution is -0.182. The van der Waals surface area contributed by atoms with E-state index >= 15 is 0 Å². The molecule has 0 saturated carbocycles. The third-order valence-corrected chi connectivity index (χ3v) is 2.65. The molecule has 116 valence electrons. The normalized spacial score (nSPS) is 12.7. The highest BCUT2D eigenvalue weighted by Gasteiger charge is 2.41. The lowest BCUT2D eigenvalue weighted by Gasteiger charge is -2.12. The molecule has 22 heavy (non-hydrogen) atoms. The highest BCUT2D eigenvalue weighted by Crippen LogP contribution is 2.35. The van der Waals surface area contributed by atoms with Gasteiger partial charge in [-0.25, -0.2) is 14.4 Å². The van der Waals surface area contributed by atoms with Crippen molar-refractivity contribution < 1.29 is 22.4 Å². The zero-order valence-corrected chi connectivity index (χ0v) is 10.9. The summed E-state index contributed by atoms with van der Waals surface area (Å²) >= 11 is 0. The van der Waals surface area contributed by atoms with Crippen LogP contribution >= 0.6 is 0 Å². The number of halogens is 4. The number of nitrogens with zero attached hydrogens (tertiary/aromatic N) is 2. The Morgan fingerprint density at radius 1 is 1.23 bits per heavy atom. The van der Waals surface area contributed by atoms with Crippen LogP contribution in [-0.2, 0) is 0 Å². The van der Waals surface area contributed by atoms with E-state index in [1.165, 1.54) is 18.3 Å². The minimum atomic E-state index is -5.00. The molecule has 0 aliphatic carbocycles. The van der Waals surface area contributed by atoms with Crippen molar-refractivity contribution in [2.45, 2.75) is 12.3 Å². The van der Waals surface area contributed by atoms with E-state index < -0.39 is 23.8 Å². The van der Waals surface area contributed by atoms with Crippen LogP contribution in [0.2, 0.25) is 0 Å². The number of amides is 1. The Morgan fingerprint density at radius 2 is 1.95 bits per heavy atom. The molecule has 0 radical (unpaired) electrons. The summed E-state index contributed by atoms with van der Waals surface area (Å²) in [6.45, 7) is 0. The third-order valence-electron chi connectivity index (χ3n) is 2.65. The minimum Gasteiger partial charge on any atom is -0.384 e. The molecule has 5 nitrogen and oxygen atoms in total. The third kappa shape index (κ3) is 3.68. The van der Waals surface area contributed by atoms with Gasteiger partial charge in [-0.15, -0.1) is 0 Å². The summed E-state index contributed by atoms with van der Waals surface area (Å²) in [7, 11) is 0. The van der Waals surface area contributed by atoms with E-state index in [1.807, 2.05) is 0 Å². The van der Waals surface area contributed by atoms with Crippen molar-refractivity contribution >= 4 is 17.5 Å². The second-order valence-corrected chi connectivity index (χ2v) is 4.30. The summed E-state index contributed by atoms with van der Waals surface area (Å²) in [5.41, 5.74) is 4.99. The molecule has 2 aromatic heterocycles. The van der Waals surface area contributed by atoms with Crippen molar-refractivity contribution in [1.82, 2.24) is 9.97 Å². The average Bonchev–Trinajstić information content (AvgIpc) is 2.46. The van der Waals surface area contributed by atoms with E-state index in [0.717, 1.165) is 12.1 Å². The summed E-state index contributed by atoms with van der Waals surface area (Å²) in [6.07, 6.45) is -6.07. The van der Waals surface area contributed by atoms with Crippen LogP contribution in [0.25, 0.3) is 0 Å². The predicted molar refractivity (Wildman–Crippen MR) is 70.7 cm³/mol. The zero-order chi connectivity index (χ0) is 16.3. The number of carbonyl (C=O) groups is 1. The lowest BCUT2D eigenvalue weighted by atomic mass is 10.2. The Balaban J connectivity index is 2.10. The first kappa shape index (κ1) is 15.7. The molecule has 0 aliphatic rings. The minimum absolute atomic E-state index is 0.0153. The quantitative estimate of drug-likeness (QED) is 0.854. The maximum absolute atomic E-state index is 13.1. The molecule has 2 rings (SSSR count). The van der Waals surface area contributed by atoms with Crippen LogP contribution < -0.4 is 11.1 Å². The van der Waals surface area contributed by atoms with Crippen molar-refractivity contribution in [3.63, 3.8) is 0 Å². The molecule has 0 spiro atoms. The number of carbonyl (C=O) groups excluding carboxylic acids is 1. The van der Waals surface area contributed by atoms with Gasteiger partial charge in [0.25, 0.3) is 5.91 Å². The van der Waals surface area contributed by atoms with E-state index in [1.54, 1.807) is 0 Å². The van der Waals surface area contributed by atoms with Gasteiger partial charge in [-0.1, -0.05) is 6.07 Å². The topological polar surface area (TPSA) is 80.9 Å². The standard InChI is InChI=1S/C13H10F4N4O/c14-11(13(15,16)17)8-1-2-10(20-6-8)21-12(22)7-3-4-19-9(18)5-7/h1-6,11H,(H2,18,19)(H,20,21,22). The highest BCUT2D eigenvalue weighted by molar-refractivity contribution is 6.04. The van der Waals surface area contributed by atoms with E-state index in [0.29, 0.717) is 6.20 Å². The van der Waals surface area contributed by atoms with Crippen LogP contribution in [0.3, 0.4) is 0 Å². The van der Waals surface area contributed by atoms with Gasteiger partial charge in [0.1, 0.15) is 11.6 Å². The molecule has 0 aromatic carbocycles. The Kier molecular flexibility index (Phi) is 4.25. The molecule has 0 fully saturated rings. The fourth-order valence-corrected chi connectivity index (χ4v) is 1.60. The number of nitrogens with two attached hydrogens (primary N) is 1. The molecule has 0 saturated heterocycles. The molecule has 3 N–H and O–H groups in total. The number of hydrogen-bond acceptors (Lipinski definition) is 4. The molecule has 1 amide bonds. The number of anilines is 2. The average molecular weight is 314 g/mol. The van der Waals surface area contributed by atoms with E-state index in [9.17, 15) is 22.4 Å². The Hall–Kier alpha value is -2.71. The largest absolute Gasteiger partial charge is 0.423 e. The Bertz CT molecular complexity index is 672. The predicted octanol–water partition coefficient (Wildman–Crippen LogP) is 2.88. The molecule has 0 aliphatic heterocycles. The summed E-state index contributed by atoms with van der Waals surface area (Å²) in [5.74, 6) is -0.443. The maximum atomic E-state index is 13.1. The second kappa shape index (κ2) is 5.96. The van der Waals surface area contributed by atoms with Crippen LogP contribution in [0, 0.1) is 0 Å². The van der Waals surface area contributed by atoms with E-state index in [4.69, 9.17) is 5.73 Å². The Labute approximate surface area is 122 Å². The van der Waals surface area contributed by atoms with Crippen molar-refractivity contribution in [1.29, 1.82) is 0 Å².